The number of nitrogens with zero attached hydrogens (tertiary/aromatic N) is 2. The highest BCUT2D eigenvalue weighted by molar-refractivity contribution is 9.10. The summed E-state index contributed by atoms with van der Waals surface area (Å²) in [5.74, 6) is 0. The van der Waals surface area contributed by atoms with Crippen LogP contribution in [-0.2, 0) is 11.3 Å². The highest BCUT2D eigenvalue weighted by Gasteiger charge is 2.14. The van der Waals surface area contributed by atoms with Crippen molar-refractivity contribution in [2.75, 3.05) is 26.8 Å². The van der Waals surface area contributed by atoms with Gasteiger partial charge < -0.3 is 10.1 Å². The van der Waals surface area contributed by atoms with Crippen LogP contribution in [0.4, 0.5) is 0 Å². The Kier molecular flexibility index (Phi) is 4.15. The third-order valence-electron chi connectivity index (χ3n) is 2.67. The highest BCUT2D eigenvalue weighted by atomic mass is 79.9. The molecule has 88 valence electrons. The van der Waals surface area contributed by atoms with Crippen molar-refractivity contribution in [1.29, 1.82) is 0 Å². The normalized spacial score (nSPS) is 16.2. The first kappa shape index (κ1) is 11.8. The Morgan fingerprint density at radius 3 is 3.19 bits per heavy atom. The van der Waals surface area contributed by atoms with Gasteiger partial charge in [-0.15, -0.1) is 0 Å². The number of aromatic nitrogens is 2. The van der Waals surface area contributed by atoms with Gasteiger partial charge in [0.15, 0.2) is 0 Å². The molecule has 0 amide bonds. The molecule has 2 heterocycles. The van der Waals surface area contributed by atoms with E-state index in [0.717, 1.165) is 30.5 Å². The topological polar surface area (TPSA) is 39.1 Å². The molecule has 1 aliphatic rings. The van der Waals surface area contributed by atoms with Crippen LogP contribution in [0.5, 0.6) is 0 Å². The Morgan fingerprint density at radius 2 is 2.50 bits per heavy atom. The summed E-state index contributed by atoms with van der Waals surface area (Å²) >= 11 is 3.56. The van der Waals surface area contributed by atoms with E-state index < -0.39 is 0 Å². The smallest absolute Gasteiger partial charge is 0.0783 e. The molecule has 1 N–H and O–H groups in total. The average Bonchev–Trinajstić information content (AvgIpc) is 2.69. The van der Waals surface area contributed by atoms with Gasteiger partial charge in [-0.3, -0.25) is 4.68 Å². The molecule has 0 aromatic carbocycles. The predicted octanol–water partition coefficient (Wildman–Crippen LogP) is 1.67. The number of hydrogen-bond donors (Lipinski definition) is 1. The third-order valence-corrected chi connectivity index (χ3v) is 3.25. The Bertz CT molecular complexity index is 387. The zero-order valence-electron chi connectivity index (χ0n) is 9.37. The Hall–Kier alpha value is -0.650. The average molecular weight is 286 g/mol. The van der Waals surface area contributed by atoms with Crippen LogP contribution >= 0.6 is 15.9 Å². The summed E-state index contributed by atoms with van der Waals surface area (Å²) in [4.78, 5) is 0. The molecule has 16 heavy (non-hydrogen) atoms. The molecule has 1 aromatic heterocycles. The zero-order valence-corrected chi connectivity index (χ0v) is 11.0. The molecule has 0 bridgehead atoms. The largest absolute Gasteiger partial charge is 0.383 e. The molecule has 0 saturated heterocycles. The van der Waals surface area contributed by atoms with Crippen LogP contribution in [0.15, 0.2) is 16.7 Å². The van der Waals surface area contributed by atoms with E-state index >= 15 is 0 Å². The monoisotopic (exact) mass is 285 g/mol. The summed E-state index contributed by atoms with van der Waals surface area (Å²) < 4.78 is 8.16. The molecular formula is C11H16BrN3O. The molecule has 0 radical (unpaired) electrons. The summed E-state index contributed by atoms with van der Waals surface area (Å²) in [6.07, 6.45) is 5.14. The second kappa shape index (κ2) is 5.61. The fourth-order valence-electron chi connectivity index (χ4n) is 1.87. The highest BCUT2D eigenvalue weighted by Crippen LogP contribution is 2.27. The van der Waals surface area contributed by atoms with E-state index in [4.69, 9.17) is 4.74 Å². The van der Waals surface area contributed by atoms with Crippen molar-refractivity contribution >= 4 is 21.5 Å². The molecule has 0 spiro atoms. The lowest BCUT2D eigenvalue weighted by Crippen LogP contribution is -2.21. The van der Waals surface area contributed by atoms with Crippen LogP contribution in [0.1, 0.15) is 12.1 Å². The maximum absolute atomic E-state index is 5.09. The minimum atomic E-state index is 0.687. The van der Waals surface area contributed by atoms with Crippen LogP contribution in [-0.4, -0.2) is 36.6 Å². The first-order valence-electron chi connectivity index (χ1n) is 5.43. The van der Waals surface area contributed by atoms with Gasteiger partial charge in [-0.25, -0.2) is 0 Å². The summed E-state index contributed by atoms with van der Waals surface area (Å²) in [5, 5.41) is 7.67. The SMILES string of the molecule is COCCn1ncc(Br)c1C1=CCNCC1. The van der Waals surface area contributed by atoms with Gasteiger partial charge >= 0.3 is 0 Å². The number of hydrogen-bond acceptors (Lipinski definition) is 3. The van der Waals surface area contributed by atoms with Crippen molar-refractivity contribution in [3.63, 3.8) is 0 Å². The van der Waals surface area contributed by atoms with Crippen molar-refractivity contribution < 1.29 is 4.74 Å². The maximum atomic E-state index is 5.09. The van der Waals surface area contributed by atoms with E-state index in [1.54, 1.807) is 7.11 Å². The van der Waals surface area contributed by atoms with Crippen LogP contribution in [0.2, 0.25) is 0 Å². The molecule has 5 heteroatoms. The van der Waals surface area contributed by atoms with E-state index in [1.165, 1.54) is 11.3 Å². The van der Waals surface area contributed by atoms with Crippen LogP contribution in [0.25, 0.3) is 5.57 Å². The third kappa shape index (κ3) is 2.53. The zero-order chi connectivity index (χ0) is 11.4. The molecule has 1 aliphatic heterocycles. The van der Waals surface area contributed by atoms with E-state index in [2.05, 4.69) is 32.4 Å². The van der Waals surface area contributed by atoms with E-state index in [1.807, 2.05) is 10.9 Å². The quantitative estimate of drug-likeness (QED) is 0.915. The first-order chi connectivity index (χ1) is 7.83. The summed E-state index contributed by atoms with van der Waals surface area (Å²) in [6.45, 7) is 3.46. The Labute approximate surface area is 104 Å². The molecule has 0 atom stereocenters. The molecule has 0 saturated carbocycles. The summed E-state index contributed by atoms with van der Waals surface area (Å²) in [6, 6.07) is 0. The van der Waals surface area contributed by atoms with Gasteiger partial charge in [0.1, 0.15) is 0 Å². The van der Waals surface area contributed by atoms with Crippen molar-refractivity contribution in [2.24, 2.45) is 0 Å². The lowest BCUT2D eigenvalue weighted by molar-refractivity contribution is 0.183. The molecule has 4 nitrogen and oxygen atoms in total. The summed E-state index contributed by atoms with van der Waals surface area (Å²) in [5.41, 5.74) is 2.55. The second-order valence-electron chi connectivity index (χ2n) is 3.74. The Balaban J connectivity index is 2.23. The number of ether oxygens (including phenoxy) is 1. The fourth-order valence-corrected chi connectivity index (χ4v) is 2.42. The van der Waals surface area contributed by atoms with Gasteiger partial charge in [0, 0.05) is 13.7 Å². The van der Waals surface area contributed by atoms with Crippen molar-refractivity contribution in [1.82, 2.24) is 15.1 Å². The number of halogens is 1. The van der Waals surface area contributed by atoms with Crippen molar-refractivity contribution in [2.45, 2.75) is 13.0 Å². The van der Waals surface area contributed by atoms with E-state index in [0.29, 0.717) is 6.61 Å². The molecule has 1 aromatic rings. The van der Waals surface area contributed by atoms with Gasteiger partial charge in [-0.2, -0.15) is 5.10 Å². The lowest BCUT2D eigenvalue weighted by Gasteiger charge is -2.16. The van der Waals surface area contributed by atoms with Gasteiger partial charge in [0.25, 0.3) is 0 Å². The standard InChI is InChI=1S/C11H16BrN3O/c1-16-7-6-15-11(10(12)8-14-15)9-2-4-13-5-3-9/h2,8,13H,3-7H2,1H3. The molecule has 0 unspecified atom stereocenters. The van der Waals surface area contributed by atoms with Crippen LogP contribution in [0, 0.1) is 0 Å². The molecule has 0 aliphatic carbocycles. The van der Waals surface area contributed by atoms with Gasteiger partial charge in [-0.05, 0) is 34.5 Å². The predicted molar refractivity (Wildman–Crippen MR) is 67.3 cm³/mol. The van der Waals surface area contributed by atoms with Gasteiger partial charge in [0.2, 0.25) is 0 Å². The van der Waals surface area contributed by atoms with E-state index in [9.17, 15) is 0 Å². The molecular weight excluding hydrogens is 270 g/mol. The van der Waals surface area contributed by atoms with Crippen molar-refractivity contribution in [3.05, 3.63) is 22.4 Å². The number of rotatable bonds is 4. The molecule has 0 fully saturated rings. The minimum Gasteiger partial charge on any atom is -0.383 e. The van der Waals surface area contributed by atoms with Gasteiger partial charge in [0.05, 0.1) is 29.5 Å². The fraction of sp³-hybridized carbons (Fsp3) is 0.545. The van der Waals surface area contributed by atoms with Gasteiger partial charge in [-0.1, -0.05) is 6.08 Å². The first-order valence-corrected chi connectivity index (χ1v) is 6.22. The number of nitrogens with one attached hydrogen (secondary N) is 1. The number of methoxy groups -OCH3 is 1. The Morgan fingerprint density at radius 1 is 1.62 bits per heavy atom. The maximum Gasteiger partial charge on any atom is 0.0783 e. The van der Waals surface area contributed by atoms with Crippen LogP contribution in [0.3, 0.4) is 0 Å². The molecule has 2 rings (SSSR count). The van der Waals surface area contributed by atoms with E-state index in [-0.39, 0.29) is 0 Å². The lowest BCUT2D eigenvalue weighted by atomic mass is 10.1. The summed E-state index contributed by atoms with van der Waals surface area (Å²) in [7, 11) is 1.71. The van der Waals surface area contributed by atoms with Crippen LogP contribution < -0.4 is 5.32 Å². The second-order valence-corrected chi connectivity index (χ2v) is 4.59. The van der Waals surface area contributed by atoms with Crippen molar-refractivity contribution in [3.8, 4) is 0 Å². The minimum absolute atomic E-state index is 0.687.